The van der Waals surface area contributed by atoms with Crippen LogP contribution in [0.4, 0.5) is 4.79 Å². The molecule has 0 atom stereocenters. The lowest BCUT2D eigenvalue weighted by Crippen LogP contribution is -2.36. The first kappa shape index (κ1) is 13.3. The summed E-state index contributed by atoms with van der Waals surface area (Å²) in [4.78, 5) is 49.7. The number of rotatable bonds is 4. The molecule has 0 aromatic carbocycles. The van der Waals surface area contributed by atoms with Crippen molar-refractivity contribution in [2.45, 2.75) is 31.8 Å². The van der Waals surface area contributed by atoms with Crippen LogP contribution in [0.25, 0.3) is 0 Å². The van der Waals surface area contributed by atoms with E-state index in [9.17, 15) is 19.2 Å². The van der Waals surface area contributed by atoms with Crippen LogP contribution in [-0.4, -0.2) is 47.6 Å². The maximum absolute atomic E-state index is 11.5. The summed E-state index contributed by atoms with van der Waals surface area (Å²) in [6.07, 6.45) is -0.481. The molecular weight excluding hydrogens is 258 g/mol. The van der Waals surface area contributed by atoms with Gasteiger partial charge >= 0.3 is 18.0 Å². The van der Waals surface area contributed by atoms with Crippen molar-refractivity contribution in [3.05, 3.63) is 0 Å². The summed E-state index contributed by atoms with van der Waals surface area (Å²) in [5.74, 6) is -2.15. The highest BCUT2D eigenvalue weighted by atomic mass is 16.8. The van der Waals surface area contributed by atoms with Crippen molar-refractivity contribution in [1.82, 2.24) is 5.06 Å². The summed E-state index contributed by atoms with van der Waals surface area (Å²) in [6.45, 7) is 1.82. The number of Topliss-reactive ketones (excluding diaryl/α,β-unsaturated/α-hetero) is 1. The van der Waals surface area contributed by atoms with E-state index in [1.165, 1.54) is 0 Å². The van der Waals surface area contributed by atoms with Gasteiger partial charge in [-0.05, 0) is 6.92 Å². The Hall–Kier alpha value is -2.12. The average molecular weight is 271 g/mol. The molecule has 2 aliphatic rings. The van der Waals surface area contributed by atoms with E-state index in [1.54, 1.807) is 6.92 Å². The Morgan fingerprint density at radius 2 is 2.00 bits per heavy atom. The fourth-order valence-corrected chi connectivity index (χ4v) is 1.63. The second-order valence-electron chi connectivity index (χ2n) is 4.24. The molecule has 0 unspecified atom stereocenters. The Balaban J connectivity index is 1.87. The quantitative estimate of drug-likeness (QED) is 0.522. The van der Waals surface area contributed by atoms with Gasteiger partial charge in [0.15, 0.2) is 0 Å². The van der Waals surface area contributed by atoms with E-state index in [2.05, 4.69) is 4.84 Å². The van der Waals surface area contributed by atoms with Crippen LogP contribution in [0.15, 0.2) is 0 Å². The highest BCUT2D eigenvalue weighted by molar-refractivity contribution is 6.37. The van der Waals surface area contributed by atoms with Crippen LogP contribution in [0.3, 0.4) is 0 Å². The van der Waals surface area contributed by atoms with Gasteiger partial charge < -0.3 is 14.3 Å². The van der Waals surface area contributed by atoms with Gasteiger partial charge in [-0.3, -0.25) is 9.59 Å². The van der Waals surface area contributed by atoms with Crippen LogP contribution in [0, 0.1) is 0 Å². The van der Waals surface area contributed by atoms with E-state index in [0.717, 1.165) is 0 Å². The fraction of sp³-hybridized carbons (Fsp3) is 0.636. The lowest BCUT2D eigenvalue weighted by atomic mass is 10.3. The normalized spacial score (nSPS) is 20.2. The molecular formula is C11H13NO7. The minimum Gasteiger partial charge on any atom is -0.463 e. The van der Waals surface area contributed by atoms with Gasteiger partial charge in [0.2, 0.25) is 11.4 Å². The van der Waals surface area contributed by atoms with Crippen LogP contribution in [0.2, 0.25) is 0 Å². The number of esters is 1. The minimum atomic E-state index is -1.29. The zero-order valence-electron chi connectivity index (χ0n) is 10.3. The Morgan fingerprint density at radius 1 is 1.32 bits per heavy atom. The second-order valence-corrected chi connectivity index (χ2v) is 4.24. The van der Waals surface area contributed by atoms with Gasteiger partial charge in [0.05, 0.1) is 13.2 Å². The molecule has 1 saturated carbocycles. The van der Waals surface area contributed by atoms with Crippen molar-refractivity contribution in [3.63, 3.8) is 0 Å². The van der Waals surface area contributed by atoms with E-state index in [4.69, 9.17) is 9.47 Å². The lowest BCUT2D eigenvalue weighted by molar-refractivity contribution is -0.175. The Bertz CT molecular complexity index is 440. The van der Waals surface area contributed by atoms with Crippen LogP contribution in [0.5, 0.6) is 0 Å². The average Bonchev–Trinajstić information content (AvgIpc) is 3.07. The fourth-order valence-electron chi connectivity index (χ4n) is 1.63. The number of nitrogens with zero attached hydrogens (tertiary/aromatic N) is 1. The molecule has 1 amide bonds. The standard InChI is InChI=1S/C11H13NO7/c1-2-17-9(15)11(4-5-11)18-10(16)19-12-6-3-7(13)8(12)14/h2-6H2,1H3. The van der Waals surface area contributed by atoms with Gasteiger partial charge in [-0.15, -0.1) is 0 Å². The molecule has 1 saturated heterocycles. The minimum absolute atomic E-state index is 0.000820. The van der Waals surface area contributed by atoms with Crippen molar-refractivity contribution in [2.75, 3.05) is 13.2 Å². The number of carbonyl (C=O) groups excluding carboxylic acids is 4. The Morgan fingerprint density at radius 3 is 2.47 bits per heavy atom. The number of carbonyl (C=O) groups is 4. The molecule has 1 aliphatic carbocycles. The van der Waals surface area contributed by atoms with Crippen molar-refractivity contribution in [2.24, 2.45) is 0 Å². The molecule has 8 nitrogen and oxygen atoms in total. The molecule has 8 heteroatoms. The molecule has 2 rings (SSSR count). The number of amides is 1. The Kier molecular flexibility index (Phi) is 3.41. The van der Waals surface area contributed by atoms with Gasteiger partial charge in [0.25, 0.3) is 0 Å². The summed E-state index contributed by atoms with van der Waals surface area (Å²) < 4.78 is 9.64. The number of hydrogen-bond acceptors (Lipinski definition) is 7. The first-order valence-corrected chi connectivity index (χ1v) is 5.91. The van der Waals surface area contributed by atoms with E-state index >= 15 is 0 Å². The van der Waals surface area contributed by atoms with Gasteiger partial charge in [-0.1, -0.05) is 0 Å². The zero-order valence-corrected chi connectivity index (χ0v) is 10.3. The van der Waals surface area contributed by atoms with Crippen LogP contribution in [0.1, 0.15) is 26.2 Å². The van der Waals surface area contributed by atoms with Crippen LogP contribution < -0.4 is 0 Å². The molecule has 0 bridgehead atoms. The van der Waals surface area contributed by atoms with E-state index in [0.29, 0.717) is 17.9 Å². The summed E-state index contributed by atoms with van der Waals surface area (Å²) in [5.41, 5.74) is -1.29. The monoisotopic (exact) mass is 271 g/mol. The third-order valence-electron chi connectivity index (χ3n) is 2.82. The molecule has 2 fully saturated rings. The highest BCUT2D eigenvalue weighted by Gasteiger charge is 2.56. The summed E-state index contributed by atoms with van der Waals surface area (Å²) in [6, 6.07) is 0. The topological polar surface area (TPSA) is 99.2 Å². The highest BCUT2D eigenvalue weighted by Crippen LogP contribution is 2.41. The molecule has 104 valence electrons. The Labute approximate surface area is 108 Å². The first-order chi connectivity index (χ1) is 8.98. The van der Waals surface area contributed by atoms with Crippen molar-refractivity contribution < 1.29 is 33.5 Å². The van der Waals surface area contributed by atoms with Crippen molar-refractivity contribution in [1.29, 1.82) is 0 Å². The van der Waals surface area contributed by atoms with Gasteiger partial charge in [0.1, 0.15) is 0 Å². The van der Waals surface area contributed by atoms with Crippen LogP contribution in [-0.2, 0) is 28.7 Å². The molecule has 1 heterocycles. The predicted molar refractivity (Wildman–Crippen MR) is 57.5 cm³/mol. The number of ether oxygens (including phenoxy) is 2. The molecule has 0 aromatic heterocycles. The molecule has 0 radical (unpaired) electrons. The predicted octanol–water partition coefficient (Wildman–Crippen LogP) is -0.0483. The molecule has 0 aromatic rings. The lowest BCUT2D eigenvalue weighted by Gasteiger charge is -2.17. The zero-order chi connectivity index (χ0) is 14.0. The molecule has 19 heavy (non-hydrogen) atoms. The molecule has 0 spiro atoms. The van der Waals surface area contributed by atoms with E-state index in [-0.39, 0.29) is 19.6 Å². The number of ketones is 1. The summed E-state index contributed by atoms with van der Waals surface area (Å²) in [7, 11) is 0. The van der Waals surface area contributed by atoms with E-state index < -0.39 is 29.4 Å². The number of hydroxylamine groups is 2. The van der Waals surface area contributed by atoms with Gasteiger partial charge in [0, 0.05) is 19.3 Å². The maximum atomic E-state index is 11.5. The van der Waals surface area contributed by atoms with Gasteiger partial charge in [-0.2, -0.15) is 5.06 Å². The van der Waals surface area contributed by atoms with Crippen molar-refractivity contribution in [3.8, 4) is 0 Å². The SMILES string of the molecule is CCOC(=O)C1(OC(=O)ON2CCC(=O)C2=O)CC1. The van der Waals surface area contributed by atoms with Gasteiger partial charge in [-0.25, -0.2) is 9.59 Å². The first-order valence-electron chi connectivity index (χ1n) is 5.91. The smallest absolute Gasteiger partial charge is 0.463 e. The number of hydrogen-bond donors (Lipinski definition) is 0. The maximum Gasteiger partial charge on any atom is 0.534 e. The third-order valence-corrected chi connectivity index (χ3v) is 2.82. The molecule has 0 N–H and O–H groups in total. The van der Waals surface area contributed by atoms with E-state index in [1.807, 2.05) is 0 Å². The summed E-state index contributed by atoms with van der Waals surface area (Å²) >= 11 is 0. The largest absolute Gasteiger partial charge is 0.534 e. The van der Waals surface area contributed by atoms with Crippen molar-refractivity contribution >= 4 is 23.8 Å². The molecule has 1 aliphatic heterocycles. The third kappa shape index (κ3) is 2.67. The van der Waals surface area contributed by atoms with Crippen LogP contribution >= 0.6 is 0 Å². The second kappa shape index (κ2) is 4.87. The summed E-state index contributed by atoms with van der Waals surface area (Å²) in [5, 5.41) is 0.631.